The Morgan fingerprint density at radius 1 is 1.12 bits per heavy atom. The molecule has 3 heterocycles. The fourth-order valence-corrected chi connectivity index (χ4v) is 5.59. The highest BCUT2D eigenvalue weighted by Crippen LogP contribution is 2.42. The van der Waals surface area contributed by atoms with E-state index < -0.39 is 10.8 Å². The Balaban J connectivity index is 1.64. The second kappa shape index (κ2) is 5.70. The molecule has 2 aromatic carbocycles. The highest BCUT2D eigenvalue weighted by atomic mass is 35.5. The van der Waals surface area contributed by atoms with Crippen molar-refractivity contribution in [3.63, 3.8) is 0 Å². The summed E-state index contributed by atoms with van der Waals surface area (Å²) in [6, 6.07) is 14.5. The number of nitrogens with one attached hydrogen (secondary N) is 1. The van der Waals surface area contributed by atoms with E-state index in [2.05, 4.69) is 29.1 Å². The lowest BCUT2D eigenvalue weighted by Gasteiger charge is -2.23. The molecule has 2 bridgehead atoms. The molecule has 1 fully saturated rings. The number of halogens is 1. The first-order chi connectivity index (χ1) is 12.1. The first-order valence-corrected chi connectivity index (χ1v) is 10.2. The maximum Gasteiger partial charge on any atom is 0.0849 e. The summed E-state index contributed by atoms with van der Waals surface area (Å²) in [5.41, 5.74) is 4.09. The molecule has 1 saturated heterocycles. The van der Waals surface area contributed by atoms with Crippen molar-refractivity contribution < 1.29 is 4.21 Å². The molecule has 0 amide bonds. The Labute approximate surface area is 154 Å². The zero-order valence-electron chi connectivity index (χ0n) is 14.0. The van der Waals surface area contributed by atoms with E-state index in [0.717, 1.165) is 16.2 Å². The van der Waals surface area contributed by atoms with Crippen LogP contribution in [0.5, 0.6) is 0 Å². The van der Waals surface area contributed by atoms with Gasteiger partial charge in [0.15, 0.2) is 0 Å². The van der Waals surface area contributed by atoms with E-state index >= 15 is 0 Å². The summed E-state index contributed by atoms with van der Waals surface area (Å²) in [6.07, 6.45) is 3.53. The van der Waals surface area contributed by atoms with Crippen LogP contribution in [0.15, 0.2) is 52.3 Å². The minimum Gasteiger partial charge on any atom is -0.347 e. The molecule has 0 aliphatic carbocycles. The molecule has 0 spiro atoms. The van der Waals surface area contributed by atoms with Crippen LogP contribution in [-0.4, -0.2) is 14.8 Å². The molecular weight excluding hydrogens is 352 g/mol. The van der Waals surface area contributed by atoms with Crippen LogP contribution in [0.3, 0.4) is 0 Å². The van der Waals surface area contributed by atoms with Gasteiger partial charge in [-0.25, -0.2) is 4.21 Å². The highest BCUT2D eigenvalue weighted by molar-refractivity contribution is 7.85. The lowest BCUT2D eigenvalue weighted by molar-refractivity contribution is 0.503. The molecule has 0 radical (unpaired) electrons. The number of fused-ring (bicyclic) bond motifs is 6. The van der Waals surface area contributed by atoms with Crippen LogP contribution in [0.1, 0.15) is 30.1 Å². The third-order valence-electron chi connectivity index (χ3n) is 5.61. The SMILES string of the molecule is Cn1c2c(c3cc(S(=O)c4ccc(Cl)cc4)ccc31)C1CCC(C2)N1. The van der Waals surface area contributed by atoms with Crippen LogP contribution in [-0.2, 0) is 24.3 Å². The Bertz CT molecular complexity index is 1010. The number of hydrogen-bond acceptors (Lipinski definition) is 2. The molecule has 3 atom stereocenters. The summed E-state index contributed by atoms with van der Waals surface area (Å²) in [7, 11) is 0.961. The quantitative estimate of drug-likeness (QED) is 0.727. The third kappa shape index (κ3) is 2.39. The molecule has 1 aromatic heterocycles. The fourth-order valence-electron chi connectivity index (χ4n) is 4.39. The van der Waals surface area contributed by atoms with Gasteiger partial charge in [-0.1, -0.05) is 11.6 Å². The minimum atomic E-state index is -1.19. The van der Waals surface area contributed by atoms with Gasteiger partial charge < -0.3 is 9.88 Å². The van der Waals surface area contributed by atoms with Crippen molar-refractivity contribution >= 4 is 33.3 Å². The first kappa shape index (κ1) is 15.6. The topological polar surface area (TPSA) is 34.0 Å². The molecule has 2 aliphatic heterocycles. The van der Waals surface area contributed by atoms with Crippen molar-refractivity contribution in [3.8, 4) is 0 Å². The van der Waals surface area contributed by atoms with Crippen LogP contribution >= 0.6 is 11.6 Å². The minimum absolute atomic E-state index is 0.441. The zero-order valence-corrected chi connectivity index (χ0v) is 15.5. The summed E-state index contributed by atoms with van der Waals surface area (Å²) in [5, 5.41) is 5.64. The third-order valence-corrected chi connectivity index (χ3v) is 7.24. The highest BCUT2D eigenvalue weighted by Gasteiger charge is 2.35. The lowest BCUT2D eigenvalue weighted by Crippen LogP contribution is -2.32. The summed E-state index contributed by atoms with van der Waals surface area (Å²) in [5.74, 6) is 0. The van der Waals surface area contributed by atoms with Gasteiger partial charge >= 0.3 is 0 Å². The van der Waals surface area contributed by atoms with E-state index in [1.54, 1.807) is 12.1 Å². The van der Waals surface area contributed by atoms with Gasteiger partial charge in [0.05, 0.1) is 10.8 Å². The van der Waals surface area contributed by atoms with Crippen LogP contribution in [0.2, 0.25) is 5.02 Å². The molecule has 5 heteroatoms. The van der Waals surface area contributed by atoms with Crippen molar-refractivity contribution in [2.45, 2.75) is 41.1 Å². The molecule has 3 nitrogen and oxygen atoms in total. The molecule has 2 aliphatic rings. The summed E-state index contributed by atoms with van der Waals surface area (Å²) in [6.45, 7) is 0. The van der Waals surface area contributed by atoms with Crippen molar-refractivity contribution in [3.05, 3.63) is 58.7 Å². The van der Waals surface area contributed by atoms with Crippen molar-refractivity contribution in [1.29, 1.82) is 0 Å². The van der Waals surface area contributed by atoms with Crippen LogP contribution in [0, 0.1) is 0 Å². The number of aromatic nitrogens is 1. The van der Waals surface area contributed by atoms with Crippen LogP contribution in [0.4, 0.5) is 0 Å². The predicted octanol–water partition coefficient (Wildman–Crippen LogP) is 4.35. The molecular formula is C20H19ClN2OS. The molecule has 25 heavy (non-hydrogen) atoms. The van der Waals surface area contributed by atoms with E-state index in [9.17, 15) is 4.21 Å². The Hall–Kier alpha value is -1.62. The molecule has 3 unspecified atom stereocenters. The number of hydrogen-bond donors (Lipinski definition) is 1. The van der Waals surface area contributed by atoms with Gasteiger partial charge in [0, 0.05) is 57.0 Å². The van der Waals surface area contributed by atoms with Crippen molar-refractivity contribution in [2.24, 2.45) is 7.05 Å². The summed E-state index contributed by atoms with van der Waals surface area (Å²) >= 11 is 5.95. The Kier molecular flexibility index (Phi) is 3.56. The van der Waals surface area contributed by atoms with Gasteiger partial charge in [0.1, 0.15) is 0 Å². The van der Waals surface area contributed by atoms with Crippen LogP contribution < -0.4 is 5.32 Å². The first-order valence-electron chi connectivity index (χ1n) is 8.66. The molecule has 128 valence electrons. The second-order valence-corrected chi connectivity index (χ2v) is 8.94. The van der Waals surface area contributed by atoms with Crippen molar-refractivity contribution in [1.82, 2.24) is 9.88 Å². The monoisotopic (exact) mass is 370 g/mol. The number of nitrogens with zero attached hydrogens (tertiary/aromatic N) is 1. The van der Waals surface area contributed by atoms with E-state index in [-0.39, 0.29) is 0 Å². The van der Waals surface area contributed by atoms with Gasteiger partial charge in [-0.3, -0.25) is 0 Å². The van der Waals surface area contributed by atoms with Gasteiger partial charge in [0.25, 0.3) is 0 Å². The van der Waals surface area contributed by atoms with E-state index in [0.29, 0.717) is 17.1 Å². The molecule has 1 N–H and O–H groups in total. The number of aryl methyl sites for hydroxylation is 1. The maximum atomic E-state index is 13.0. The average molecular weight is 371 g/mol. The standard InChI is InChI=1S/C20H19ClN2OS/c1-23-18-9-7-15(25(24)14-5-2-12(21)3-6-14)11-16(18)20-17-8-4-13(22-17)10-19(20)23/h2-3,5-7,9,11,13,17,22H,4,8,10H2,1H3. The van der Waals surface area contributed by atoms with E-state index in [4.69, 9.17) is 11.6 Å². The van der Waals surface area contributed by atoms with E-state index in [1.807, 2.05) is 18.2 Å². The Morgan fingerprint density at radius 3 is 2.68 bits per heavy atom. The fraction of sp³-hybridized carbons (Fsp3) is 0.300. The second-order valence-electron chi connectivity index (χ2n) is 7.02. The lowest BCUT2D eigenvalue weighted by atomic mass is 9.99. The van der Waals surface area contributed by atoms with Gasteiger partial charge in [0.2, 0.25) is 0 Å². The van der Waals surface area contributed by atoms with E-state index in [1.165, 1.54) is 35.0 Å². The Morgan fingerprint density at radius 2 is 1.88 bits per heavy atom. The maximum absolute atomic E-state index is 13.0. The van der Waals surface area contributed by atoms with Gasteiger partial charge in [-0.15, -0.1) is 0 Å². The van der Waals surface area contributed by atoms with Crippen LogP contribution in [0.25, 0.3) is 10.9 Å². The zero-order chi connectivity index (χ0) is 17.1. The molecule has 5 rings (SSSR count). The predicted molar refractivity (Wildman–Crippen MR) is 102 cm³/mol. The molecule has 0 saturated carbocycles. The molecule has 3 aromatic rings. The normalized spacial score (nSPS) is 23.0. The van der Waals surface area contributed by atoms with Gasteiger partial charge in [-0.05, 0) is 60.9 Å². The smallest absolute Gasteiger partial charge is 0.0849 e. The summed E-state index contributed by atoms with van der Waals surface area (Å²) in [4.78, 5) is 1.64. The largest absolute Gasteiger partial charge is 0.347 e. The van der Waals surface area contributed by atoms with Crippen molar-refractivity contribution in [2.75, 3.05) is 0 Å². The average Bonchev–Trinajstić information content (AvgIpc) is 3.14. The number of rotatable bonds is 2. The summed E-state index contributed by atoms with van der Waals surface area (Å²) < 4.78 is 15.3. The van der Waals surface area contributed by atoms with Gasteiger partial charge in [-0.2, -0.15) is 0 Å². The number of benzene rings is 2.